The normalized spacial score (nSPS) is 22.1. The van der Waals surface area contributed by atoms with Gasteiger partial charge in [-0.25, -0.2) is 18.0 Å². The summed E-state index contributed by atoms with van der Waals surface area (Å²) in [7, 11) is 0. The van der Waals surface area contributed by atoms with Crippen LogP contribution in [0, 0.1) is 11.6 Å². The highest BCUT2D eigenvalue weighted by Crippen LogP contribution is 2.45. The van der Waals surface area contributed by atoms with Gasteiger partial charge in [0.2, 0.25) is 0 Å². The van der Waals surface area contributed by atoms with Gasteiger partial charge in [-0.05, 0) is 54.5 Å². The molecule has 2 fully saturated rings. The molecule has 2 atom stereocenters. The number of hydrogen-bond acceptors (Lipinski definition) is 3. The van der Waals surface area contributed by atoms with Crippen LogP contribution in [0.1, 0.15) is 46.7 Å². The number of benzene rings is 2. The van der Waals surface area contributed by atoms with Gasteiger partial charge in [0.15, 0.2) is 0 Å². The summed E-state index contributed by atoms with van der Waals surface area (Å²) >= 11 is 6.10. The highest BCUT2D eigenvalue weighted by molar-refractivity contribution is 6.31. The molecular formula is C22H21ClF3NO3. The van der Waals surface area contributed by atoms with Crippen LogP contribution in [0.15, 0.2) is 30.3 Å². The first-order valence-electron chi connectivity index (χ1n) is 9.85. The highest BCUT2D eigenvalue weighted by atomic mass is 35.5. The van der Waals surface area contributed by atoms with E-state index in [1.807, 2.05) is 4.90 Å². The number of nitrogens with zero attached hydrogens (tertiary/aromatic N) is 1. The molecule has 4 nitrogen and oxygen atoms in total. The molecular weight excluding hydrogens is 419 g/mol. The molecule has 30 heavy (non-hydrogen) atoms. The topological polar surface area (TPSA) is 49.8 Å². The van der Waals surface area contributed by atoms with Gasteiger partial charge in [0.1, 0.15) is 29.7 Å². The van der Waals surface area contributed by atoms with Crippen molar-refractivity contribution in [2.45, 2.75) is 44.0 Å². The van der Waals surface area contributed by atoms with Crippen molar-refractivity contribution in [1.29, 1.82) is 0 Å². The van der Waals surface area contributed by atoms with Gasteiger partial charge >= 0.3 is 5.97 Å². The van der Waals surface area contributed by atoms with E-state index in [1.165, 1.54) is 18.2 Å². The number of carboxylic acid groups (broad SMARTS) is 1. The zero-order valence-electron chi connectivity index (χ0n) is 16.1. The number of likely N-dealkylation sites (tertiary alicyclic amines) is 1. The molecule has 1 aliphatic carbocycles. The molecule has 4 rings (SSSR count). The molecule has 0 amide bonds. The Bertz CT molecular complexity index is 967. The van der Waals surface area contributed by atoms with E-state index in [2.05, 4.69) is 0 Å². The van der Waals surface area contributed by atoms with Gasteiger partial charge in [0.05, 0.1) is 5.56 Å². The van der Waals surface area contributed by atoms with E-state index in [-0.39, 0.29) is 24.6 Å². The fourth-order valence-electron chi connectivity index (χ4n) is 3.81. The molecule has 1 N–H and O–H groups in total. The SMILES string of the molecule is O=C(O)c1cc(C2CC2)c(OC2CN(Cc3ccc(F)cc3Cl)CCC2F)cc1F. The summed E-state index contributed by atoms with van der Waals surface area (Å²) in [6.07, 6.45) is -0.109. The quantitative estimate of drug-likeness (QED) is 0.673. The van der Waals surface area contributed by atoms with Crippen LogP contribution in [-0.2, 0) is 6.54 Å². The number of piperidine rings is 1. The molecule has 160 valence electrons. The molecule has 0 aromatic heterocycles. The summed E-state index contributed by atoms with van der Waals surface area (Å²) in [5, 5.41) is 9.48. The zero-order valence-corrected chi connectivity index (χ0v) is 16.8. The Morgan fingerprint density at radius 2 is 1.97 bits per heavy atom. The largest absolute Gasteiger partial charge is 0.486 e. The monoisotopic (exact) mass is 439 g/mol. The van der Waals surface area contributed by atoms with Crippen LogP contribution >= 0.6 is 11.6 Å². The molecule has 2 unspecified atom stereocenters. The predicted octanol–water partition coefficient (Wildman–Crippen LogP) is 5.19. The number of halogens is 4. The van der Waals surface area contributed by atoms with E-state index in [0.717, 1.165) is 24.5 Å². The third kappa shape index (κ3) is 4.57. The van der Waals surface area contributed by atoms with E-state index in [4.69, 9.17) is 16.3 Å². The van der Waals surface area contributed by atoms with Crippen molar-refractivity contribution in [3.63, 3.8) is 0 Å². The molecule has 1 aliphatic heterocycles. The van der Waals surface area contributed by atoms with Gasteiger partial charge in [-0.15, -0.1) is 0 Å². The molecule has 8 heteroatoms. The van der Waals surface area contributed by atoms with E-state index >= 15 is 0 Å². The van der Waals surface area contributed by atoms with Gasteiger partial charge in [0, 0.05) is 30.7 Å². The summed E-state index contributed by atoms with van der Waals surface area (Å²) in [6.45, 7) is 1.14. The van der Waals surface area contributed by atoms with E-state index in [1.54, 1.807) is 6.07 Å². The van der Waals surface area contributed by atoms with E-state index in [9.17, 15) is 23.1 Å². The van der Waals surface area contributed by atoms with Crippen LogP contribution < -0.4 is 4.74 Å². The van der Waals surface area contributed by atoms with Gasteiger partial charge < -0.3 is 9.84 Å². The Hall–Kier alpha value is -2.25. The molecule has 2 aromatic rings. The second kappa shape index (κ2) is 8.47. The molecule has 2 aliphatic rings. The first-order valence-corrected chi connectivity index (χ1v) is 10.2. The summed E-state index contributed by atoms with van der Waals surface area (Å²) in [4.78, 5) is 13.2. The average Bonchev–Trinajstić information content (AvgIpc) is 3.51. The Morgan fingerprint density at radius 1 is 1.20 bits per heavy atom. The number of rotatable bonds is 6. The minimum Gasteiger partial charge on any atom is -0.486 e. The van der Waals surface area contributed by atoms with E-state index in [0.29, 0.717) is 23.7 Å². The smallest absolute Gasteiger partial charge is 0.338 e. The summed E-state index contributed by atoms with van der Waals surface area (Å²) in [5.41, 5.74) is 0.932. The Morgan fingerprint density at radius 3 is 2.63 bits per heavy atom. The second-order valence-corrected chi connectivity index (χ2v) is 8.29. The standard InChI is InChI=1S/C22H21ClF3NO3/c23-17-7-14(24)4-3-13(17)10-27-6-5-18(25)21(11-27)30-20-9-19(26)16(22(28)29)8-15(20)12-1-2-12/h3-4,7-9,12,18,21H,1-2,5-6,10-11H2,(H,28,29). The summed E-state index contributed by atoms with van der Waals surface area (Å²) in [6, 6.07) is 6.52. The first-order chi connectivity index (χ1) is 14.3. The maximum Gasteiger partial charge on any atom is 0.338 e. The molecule has 1 saturated heterocycles. The van der Waals surface area contributed by atoms with Crippen LogP contribution in [0.4, 0.5) is 13.2 Å². The van der Waals surface area contributed by atoms with Crippen LogP contribution in [0.2, 0.25) is 5.02 Å². The van der Waals surface area contributed by atoms with Gasteiger partial charge in [-0.2, -0.15) is 0 Å². The fourth-order valence-corrected chi connectivity index (χ4v) is 4.04. The van der Waals surface area contributed by atoms with Crippen molar-refractivity contribution in [3.8, 4) is 5.75 Å². The van der Waals surface area contributed by atoms with Crippen molar-refractivity contribution in [2.24, 2.45) is 0 Å². The van der Waals surface area contributed by atoms with E-state index < -0.39 is 35.4 Å². The number of aromatic carboxylic acids is 1. The van der Waals surface area contributed by atoms with Crippen molar-refractivity contribution >= 4 is 17.6 Å². The average molecular weight is 440 g/mol. The maximum atomic E-state index is 14.6. The van der Waals surface area contributed by atoms with Gasteiger partial charge in [-0.1, -0.05) is 17.7 Å². The Labute approximate surface area is 177 Å². The van der Waals surface area contributed by atoms with Crippen molar-refractivity contribution in [3.05, 3.63) is 63.7 Å². The van der Waals surface area contributed by atoms with Crippen LogP contribution in [0.5, 0.6) is 5.75 Å². The molecule has 0 spiro atoms. The first kappa shape index (κ1) is 21.0. The van der Waals surface area contributed by atoms with Crippen molar-refractivity contribution < 1.29 is 27.8 Å². The number of alkyl halides is 1. The Balaban J connectivity index is 1.52. The lowest BCUT2D eigenvalue weighted by atomic mass is 10.0. The zero-order chi connectivity index (χ0) is 21.4. The molecule has 0 bridgehead atoms. The summed E-state index contributed by atoms with van der Waals surface area (Å²) < 4.78 is 48.0. The van der Waals surface area contributed by atoms with Crippen LogP contribution in [0.3, 0.4) is 0 Å². The number of ether oxygens (including phenoxy) is 1. The summed E-state index contributed by atoms with van der Waals surface area (Å²) in [5.74, 6) is -2.36. The molecule has 1 heterocycles. The van der Waals surface area contributed by atoms with Crippen molar-refractivity contribution in [1.82, 2.24) is 4.90 Å². The number of hydrogen-bond donors (Lipinski definition) is 1. The minimum atomic E-state index is -1.34. The lowest BCUT2D eigenvalue weighted by molar-refractivity contribution is 0.0160. The lowest BCUT2D eigenvalue weighted by Gasteiger charge is -2.35. The molecule has 0 radical (unpaired) electrons. The highest BCUT2D eigenvalue weighted by Gasteiger charge is 2.34. The second-order valence-electron chi connectivity index (χ2n) is 7.88. The van der Waals surface area contributed by atoms with Crippen molar-refractivity contribution in [2.75, 3.05) is 13.1 Å². The van der Waals surface area contributed by atoms with Gasteiger partial charge in [0.25, 0.3) is 0 Å². The van der Waals surface area contributed by atoms with Crippen LogP contribution in [-0.4, -0.2) is 41.3 Å². The lowest BCUT2D eigenvalue weighted by Crippen LogP contribution is -2.47. The Kier molecular flexibility index (Phi) is 5.93. The van der Waals surface area contributed by atoms with Crippen LogP contribution in [0.25, 0.3) is 0 Å². The molecule has 2 aromatic carbocycles. The maximum absolute atomic E-state index is 14.6. The van der Waals surface area contributed by atoms with Gasteiger partial charge in [-0.3, -0.25) is 4.90 Å². The number of carbonyl (C=O) groups is 1. The predicted molar refractivity (Wildman–Crippen MR) is 106 cm³/mol. The molecule has 1 saturated carbocycles. The number of carboxylic acids is 1. The minimum absolute atomic E-state index is 0.106. The fraction of sp³-hybridized carbons (Fsp3) is 0.409. The third-order valence-corrected chi connectivity index (χ3v) is 5.95. The third-order valence-electron chi connectivity index (χ3n) is 5.60.